The molecule has 0 radical (unpaired) electrons. The fourth-order valence-corrected chi connectivity index (χ4v) is 2.88. The van der Waals surface area contributed by atoms with Gasteiger partial charge in [-0.2, -0.15) is 0 Å². The van der Waals surface area contributed by atoms with E-state index in [-0.39, 0.29) is 23.2 Å². The molecule has 3 rings (SSSR count). The molecule has 2 aromatic rings. The van der Waals surface area contributed by atoms with E-state index < -0.39 is 0 Å². The quantitative estimate of drug-likeness (QED) is 0.826. The van der Waals surface area contributed by atoms with Gasteiger partial charge in [-0.25, -0.2) is 14.8 Å². The first-order chi connectivity index (χ1) is 10.5. The van der Waals surface area contributed by atoms with Crippen LogP contribution in [-0.2, 0) is 0 Å². The Morgan fingerprint density at radius 2 is 1.95 bits per heavy atom. The van der Waals surface area contributed by atoms with Gasteiger partial charge in [-0.3, -0.25) is 4.90 Å². The predicted molar refractivity (Wildman–Crippen MR) is 86.9 cm³/mol. The maximum atomic E-state index is 12.2. The highest BCUT2D eigenvalue weighted by Crippen LogP contribution is 2.32. The minimum atomic E-state index is -0.280. The van der Waals surface area contributed by atoms with E-state index in [1.807, 2.05) is 6.07 Å². The highest BCUT2D eigenvalue weighted by Gasteiger charge is 2.35. The number of amides is 2. The Bertz CT molecular complexity index is 733. The second kappa shape index (κ2) is 5.91. The number of nitrogens with zero attached hydrogens (tertiary/aromatic N) is 3. The Hall–Kier alpha value is -1.56. The standard InChI is InChI=1S/C14H11Cl3N4O/c1-7-4-12(17)20-13(19-7)21-11(6-18-14(21)22)8-2-3-9(15)10(16)5-8/h2-5,11H,6H2,1H3,(H,18,22). The van der Waals surface area contributed by atoms with E-state index in [9.17, 15) is 4.79 Å². The number of rotatable bonds is 2. The van der Waals surface area contributed by atoms with Gasteiger partial charge in [0.05, 0.1) is 16.1 Å². The summed E-state index contributed by atoms with van der Waals surface area (Å²) in [4.78, 5) is 22.1. The maximum absolute atomic E-state index is 12.2. The van der Waals surface area contributed by atoms with Crippen LogP contribution in [-0.4, -0.2) is 22.5 Å². The van der Waals surface area contributed by atoms with Crippen LogP contribution in [0.4, 0.5) is 10.7 Å². The summed E-state index contributed by atoms with van der Waals surface area (Å²) in [7, 11) is 0. The molecule has 1 atom stereocenters. The summed E-state index contributed by atoms with van der Waals surface area (Å²) in [5.41, 5.74) is 1.52. The number of carbonyl (C=O) groups is 1. The van der Waals surface area contributed by atoms with Crippen LogP contribution in [0.25, 0.3) is 0 Å². The average molecular weight is 358 g/mol. The maximum Gasteiger partial charge on any atom is 0.325 e. The number of aromatic nitrogens is 2. The van der Waals surface area contributed by atoms with Gasteiger partial charge in [-0.05, 0) is 30.7 Å². The second-order valence-electron chi connectivity index (χ2n) is 4.88. The zero-order chi connectivity index (χ0) is 15.9. The van der Waals surface area contributed by atoms with Crippen LogP contribution < -0.4 is 10.2 Å². The lowest BCUT2D eigenvalue weighted by Gasteiger charge is -2.22. The Morgan fingerprint density at radius 1 is 1.18 bits per heavy atom. The summed E-state index contributed by atoms with van der Waals surface area (Å²) >= 11 is 18.0. The van der Waals surface area contributed by atoms with Gasteiger partial charge in [0.2, 0.25) is 5.95 Å². The number of anilines is 1. The third kappa shape index (κ3) is 2.84. The highest BCUT2D eigenvalue weighted by atomic mass is 35.5. The number of benzene rings is 1. The molecule has 1 fully saturated rings. The molecule has 2 amide bonds. The zero-order valence-corrected chi connectivity index (χ0v) is 13.7. The number of aryl methyl sites for hydroxylation is 1. The Balaban J connectivity index is 2.03. The van der Waals surface area contributed by atoms with E-state index in [1.54, 1.807) is 25.1 Å². The third-order valence-corrected chi connectivity index (χ3v) is 4.26. The normalized spacial score (nSPS) is 17.7. The minimum absolute atomic E-state index is 0.260. The Morgan fingerprint density at radius 3 is 2.64 bits per heavy atom. The van der Waals surface area contributed by atoms with Crippen LogP contribution in [0.1, 0.15) is 17.3 Å². The molecule has 1 aromatic heterocycles. The molecule has 0 aliphatic carbocycles. The van der Waals surface area contributed by atoms with E-state index >= 15 is 0 Å². The number of halogens is 3. The van der Waals surface area contributed by atoms with Crippen LogP contribution >= 0.6 is 34.8 Å². The summed E-state index contributed by atoms with van der Waals surface area (Å²) in [6.07, 6.45) is 0. The van der Waals surface area contributed by atoms with Crippen molar-refractivity contribution in [2.24, 2.45) is 0 Å². The first-order valence-electron chi connectivity index (χ1n) is 6.49. The smallest absolute Gasteiger partial charge is 0.325 e. The summed E-state index contributed by atoms with van der Waals surface area (Å²) in [5, 5.41) is 3.96. The topological polar surface area (TPSA) is 58.1 Å². The number of hydrogen-bond acceptors (Lipinski definition) is 3. The monoisotopic (exact) mass is 356 g/mol. The van der Waals surface area contributed by atoms with E-state index in [0.717, 1.165) is 5.56 Å². The molecule has 0 spiro atoms. The van der Waals surface area contributed by atoms with E-state index in [1.165, 1.54) is 4.90 Å². The van der Waals surface area contributed by atoms with Gasteiger partial charge < -0.3 is 5.32 Å². The molecule has 1 N–H and O–H groups in total. The van der Waals surface area contributed by atoms with E-state index in [4.69, 9.17) is 34.8 Å². The van der Waals surface area contributed by atoms with Crippen molar-refractivity contribution < 1.29 is 4.79 Å². The van der Waals surface area contributed by atoms with Gasteiger partial charge in [0.25, 0.3) is 0 Å². The van der Waals surface area contributed by atoms with Gasteiger partial charge in [0.15, 0.2) is 0 Å². The van der Waals surface area contributed by atoms with Gasteiger partial charge in [0, 0.05) is 12.2 Å². The fraction of sp³-hybridized carbons (Fsp3) is 0.214. The number of urea groups is 1. The molecule has 1 unspecified atom stereocenters. The van der Waals surface area contributed by atoms with Crippen LogP contribution in [0.5, 0.6) is 0 Å². The molecule has 2 heterocycles. The average Bonchev–Trinajstić information content (AvgIpc) is 2.82. The second-order valence-corrected chi connectivity index (χ2v) is 6.08. The molecule has 1 saturated heterocycles. The third-order valence-electron chi connectivity index (χ3n) is 3.33. The Labute approximate surface area is 142 Å². The lowest BCUT2D eigenvalue weighted by molar-refractivity contribution is 0.251. The summed E-state index contributed by atoms with van der Waals surface area (Å²) < 4.78 is 0. The van der Waals surface area contributed by atoms with Crippen molar-refractivity contribution in [1.29, 1.82) is 0 Å². The van der Waals surface area contributed by atoms with Crippen LogP contribution in [0.2, 0.25) is 15.2 Å². The van der Waals surface area contributed by atoms with Crippen molar-refractivity contribution >= 4 is 46.8 Å². The first kappa shape index (κ1) is 15.3. The van der Waals surface area contributed by atoms with Gasteiger partial charge in [-0.1, -0.05) is 40.9 Å². The van der Waals surface area contributed by atoms with Gasteiger partial charge in [0.1, 0.15) is 5.15 Å². The molecule has 1 aromatic carbocycles. The van der Waals surface area contributed by atoms with Gasteiger partial charge >= 0.3 is 6.03 Å². The number of hydrogen-bond donors (Lipinski definition) is 1. The van der Waals surface area contributed by atoms with Crippen molar-refractivity contribution in [2.45, 2.75) is 13.0 Å². The van der Waals surface area contributed by atoms with Crippen LogP contribution in [0.15, 0.2) is 24.3 Å². The zero-order valence-electron chi connectivity index (χ0n) is 11.5. The molecular formula is C14H11Cl3N4O. The SMILES string of the molecule is Cc1cc(Cl)nc(N2C(=O)NCC2c2ccc(Cl)c(Cl)c2)n1. The molecule has 0 saturated carbocycles. The molecule has 114 valence electrons. The first-order valence-corrected chi connectivity index (χ1v) is 7.62. The summed E-state index contributed by atoms with van der Waals surface area (Å²) in [6.45, 7) is 2.21. The van der Waals surface area contributed by atoms with Crippen LogP contribution in [0.3, 0.4) is 0 Å². The number of carbonyl (C=O) groups excluding carboxylic acids is 1. The van der Waals surface area contributed by atoms with Crippen molar-refractivity contribution in [1.82, 2.24) is 15.3 Å². The minimum Gasteiger partial charge on any atom is -0.335 e. The van der Waals surface area contributed by atoms with E-state index in [0.29, 0.717) is 22.3 Å². The molecule has 0 bridgehead atoms. The van der Waals surface area contributed by atoms with Crippen molar-refractivity contribution in [3.8, 4) is 0 Å². The lowest BCUT2D eigenvalue weighted by atomic mass is 10.1. The largest absolute Gasteiger partial charge is 0.335 e. The van der Waals surface area contributed by atoms with Gasteiger partial charge in [-0.15, -0.1) is 0 Å². The number of nitrogens with one attached hydrogen (secondary N) is 1. The molecule has 1 aliphatic rings. The molecule has 1 aliphatic heterocycles. The molecule has 22 heavy (non-hydrogen) atoms. The highest BCUT2D eigenvalue weighted by molar-refractivity contribution is 6.42. The van der Waals surface area contributed by atoms with Crippen molar-refractivity contribution in [3.05, 3.63) is 50.7 Å². The molecular weight excluding hydrogens is 347 g/mol. The van der Waals surface area contributed by atoms with Crippen molar-refractivity contribution in [2.75, 3.05) is 11.4 Å². The van der Waals surface area contributed by atoms with Crippen molar-refractivity contribution in [3.63, 3.8) is 0 Å². The Kier molecular flexibility index (Phi) is 4.12. The predicted octanol–water partition coefficient (Wildman–Crippen LogP) is 4.02. The summed E-state index contributed by atoms with van der Waals surface area (Å²) in [6, 6.07) is 6.33. The fourth-order valence-electron chi connectivity index (χ4n) is 2.34. The molecule has 5 nitrogen and oxygen atoms in total. The van der Waals surface area contributed by atoms with Crippen LogP contribution in [0, 0.1) is 6.92 Å². The van der Waals surface area contributed by atoms with E-state index in [2.05, 4.69) is 15.3 Å². The lowest BCUT2D eigenvalue weighted by Crippen LogP contribution is -2.31. The molecule has 8 heteroatoms. The summed E-state index contributed by atoms with van der Waals surface area (Å²) in [5.74, 6) is 0.260.